The number of benzene rings is 1. The van der Waals surface area contributed by atoms with Gasteiger partial charge in [0.25, 0.3) is 0 Å². The lowest BCUT2D eigenvalue weighted by molar-refractivity contribution is -0.123. The van der Waals surface area contributed by atoms with E-state index in [1.54, 1.807) is 24.3 Å². The van der Waals surface area contributed by atoms with Crippen LogP contribution in [0.4, 0.5) is 0 Å². The van der Waals surface area contributed by atoms with E-state index in [0.717, 1.165) is 12.0 Å². The van der Waals surface area contributed by atoms with Crippen molar-refractivity contribution in [1.29, 1.82) is 0 Å². The van der Waals surface area contributed by atoms with Crippen LogP contribution in [0.3, 0.4) is 0 Å². The minimum Gasteiger partial charge on any atom is -0.351 e. The molecule has 24 heavy (non-hydrogen) atoms. The van der Waals surface area contributed by atoms with Crippen molar-refractivity contribution in [1.82, 2.24) is 9.62 Å². The molecule has 1 aromatic carbocycles. The van der Waals surface area contributed by atoms with E-state index in [1.165, 1.54) is 4.31 Å². The van der Waals surface area contributed by atoms with Gasteiger partial charge >= 0.3 is 0 Å². The van der Waals surface area contributed by atoms with E-state index in [9.17, 15) is 13.2 Å². The topological polar surface area (TPSA) is 92.5 Å². The first kappa shape index (κ1) is 20.6. The number of rotatable bonds is 9. The van der Waals surface area contributed by atoms with E-state index in [-0.39, 0.29) is 16.7 Å². The van der Waals surface area contributed by atoms with Crippen LogP contribution in [0.5, 0.6) is 0 Å². The molecule has 1 aromatic rings. The van der Waals surface area contributed by atoms with Gasteiger partial charge in [-0.25, -0.2) is 8.42 Å². The lowest BCUT2D eigenvalue weighted by Gasteiger charge is -2.19. The van der Waals surface area contributed by atoms with Crippen LogP contribution < -0.4 is 11.1 Å². The molecule has 2 unspecified atom stereocenters. The van der Waals surface area contributed by atoms with Gasteiger partial charge in [0, 0.05) is 19.6 Å². The Morgan fingerprint density at radius 2 is 1.71 bits per heavy atom. The highest BCUT2D eigenvalue weighted by Crippen LogP contribution is 2.16. The Morgan fingerprint density at radius 3 is 2.17 bits per heavy atom. The number of carbonyl (C=O) groups is 1. The summed E-state index contributed by atoms with van der Waals surface area (Å²) in [5, 5.41) is 2.79. The Labute approximate surface area is 145 Å². The van der Waals surface area contributed by atoms with Crippen LogP contribution in [0.2, 0.25) is 0 Å². The minimum absolute atomic E-state index is 0.117. The molecule has 0 aliphatic heterocycles. The first-order chi connectivity index (χ1) is 11.3. The molecular weight excluding hydrogens is 326 g/mol. The molecule has 136 valence electrons. The average molecular weight is 356 g/mol. The van der Waals surface area contributed by atoms with Gasteiger partial charge in [0.15, 0.2) is 0 Å². The average Bonchev–Trinajstić information content (AvgIpc) is 2.59. The number of hydrogen-bond donors (Lipinski definition) is 2. The van der Waals surface area contributed by atoms with Crippen molar-refractivity contribution in [3.8, 4) is 0 Å². The van der Waals surface area contributed by atoms with Gasteiger partial charge in [0.2, 0.25) is 15.9 Å². The summed E-state index contributed by atoms with van der Waals surface area (Å²) < 4.78 is 26.2. The Morgan fingerprint density at radius 1 is 1.17 bits per heavy atom. The Kier molecular flexibility index (Phi) is 7.86. The second kappa shape index (κ2) is 9.15. The van der Waals surface area contributed by atoms with Gasteiger partial charge in [-0.3, -0.25) is 4.79 Å². The summed E-state index contributed by atoms with van der Waals surface area (Å²) in [5.74, 6) is -0.0734. The monoisotopic (exact) mass is 355 g/mol. The van der Waals surface area contributed by atoms with Crippen molar-refractivity contribution < 1.29 is 13.2 Å². The molecule has 2 atom stereocenters. The van der Waals surface area contributed by atoms with Gasteiger partial charge in [0.1, 0.15) is 0 Å². The number of hydrogen-bond acceptors (Lipinski definition) is 4. The molecule has 0 saturated heterocycles. The van der Waals surface area contributed by atoms with E-state index < -0.39 is 16.1 Å². The summed E-state index contributed by atoms with van der Waals surface area (Å²) >= 11 is 0. The molecule has 0 radical (unpaired) electrons. The van der Waals surface area contributed by atoms with Gasteiger partial charge in [0.05, 0.1) is 10.9 Å². The van der Waals surface area contributed by atoms with Crippen LogP contribution in [0.1, 0.15) is 39.7 Å². The standard InChI is InChI=1S/C17H29N3O3S/c1-5-13(4)16(18)17(21)19-12-14-8-10-15(11-9-14)24(22,23)20(6-2)7-3/h8-11,13,16H,5-7,12,18H2,1-4H3,(H,19,21). The molecule has 0 fully saturated rings. The lowest BCUT2D eigenvalue weighted by Crippen LogP contribution is -2.44. The third-order valence-electron chi connectivity index (χ3n) is 4.29. The fourth-order valence-electron chi connectivity index (χ4n) is 2.31. The van der Waals surface area contributed by atoms with Gasteiger partial charge < -0.3 is 11.1 Å². The predicted octanol–water partition coefficient (Wildman–Crippen LogP) is 1.71. The molecule has 1 rings (SSSR count). The molecule has 0 aromatic heterocycles. The first-order valence-electron chi connectivity index (χ1n) is 8.40. The van der Waals surface area contributed by atoms with Crippen molar-refractivity contribution in [3.63, 3.8) is 0 Å². The highest BCUT2D eigenvalue weighted by Gasteiger charge is 2.21. The second-order valence-electron chi connectivity index (χ2n) is 5.86. The fraction of sp³-hybridized carbons (Fsp3) is 0.588. The molecule has 0 aliphatic rings. The Bertz CT molecular complexity index is 625. The smallest absolute Gasteiger partial charge is 0.243 e. The molecule has 0 aliphatic carbocycles. The van der Waals surface area contributed by atoms with Crippen LogP contribution in [0, 0.1) is 5.92 Å². The summed E-state index contributed by atoms with van der Waals surface area (Å²) in [6.45, 7) is 8.75. The molecule has 0 heterocycles. The van der Waals surface area contributed by atoms with Gasteiger partial charge in [-0.1, -0.05) is 46.2 Å². The van der Waals surface area contributed by atoms with Crippen LogP contribution in [0.15, 0.2) is 29.2 Å². The van der Waals surface area contributed by atoms with E-state index in [2.05, 4.69) is 5.32 Å². The zero-order valence-electron chi connectivity index (χ0n) is 15.0. The highest BCUT2D eigenvalue weighted by molar-refractivity contribution is 7.89. The zero-order chi connectivity index (χ0) is 18.3. The van der Waals surface area contributed by atoms with Crippen molar-refractivity contribution in [2.45, 2.75) is 51.6 Å². The number of amides is 1. The maximum absolute atomic E-state index is 12.4. The minimum atomic E-state index is -3.45. The van der Waals surface area contributed by atoms with Gasteiger partial charge in [-0.15, -0.1) is 0 Å². The molecule has 0 saturated carbocycles. The lowest BCUT2D eigenvalue weighted by atomic mass is 9.99. The zero-order valence-corrected chi connectivity index (χ0v) is 15.8. The Hall–Kier alpha value is -1.44. The van der Waals surface area contributed by atoms with Gasteiger partial charge in [-0.2, -0.15) is 4.31 Å². The van der Waals surface area contributed by atoms with Crippen LogP contribution in [0.25, 0.3) is 0 Å². The summed E-state index contributed by atoms with van der Waals surface area (Å²) in [6, 6.07) is 6.04. The molecule has 0 spiro atoms. The number of nitrogens with two attached hydrogens (primary N) is 1. The molecule has 1 amide bonds. The Balaban J connectivity index is 2.74. The number of nitrogens with zero attached hydrogens (tertiary/aromatic N) is 1. The largest absolute Gasteiger partial charge is 0.351 e. The summed E-state index contributed by atoms with van der Waals surface area (Å²) in [6.07, 6.45) is 0.840. The second-order valence-corrected chi connectivity index (χ2v) is 7.80. The number of sulfonamides is 1. The molecule has 6 nitrogen and oxygen atoms in total. The molecule has 7 heteroatoms. The van der Waals surface area contributed by atoms with E-state index in [4.69, 9.17) is 5.73 Å². The van der Waals surface area contributed by atoms with Crippen molar-refractivity contribution in [2.24, 2.45) is 11.7 Å². The van der Waals surface area contributed by atoms with Crippen LogP contribution in [-0.4, -0.2) is 37.8 Å². The summed E-state index contributed by atoms with van der Waals surface area (Å²) in [5.41, 5.74) is 6.72. The van der Waals surface area contributed by atoms with E-state index in [0.29, 0.717) is 19.6 Å². The molecule has 0 bridgehead atoms. The predicted molar refractivity (Wildman–Crippen MR) is 95.8 cm³/mol. The molecular formula is C17H29N3O3S. The van der Waals surface area contributed by atoms with Crippen molar-refractivity contribution in [2.75, 3.05) is 13.1 Å². The van der Waals surface area contributed by atoms with E-state index in [1.807, 2.05) is 27.7 Å². The van der Waals surface area contributed by atoms with E-state index >= 15 is 0 Å². The van der Waals surface area contributed by atoms with Gasteiger partial charge in [-0.05, 0) is 23.6 Å². The van der Waals surface area contributed by atoms with Crippen molar-refractivity contribution in [3.05, 3.63) is 29.8 Å². The maximum Gasteiger partial charge on any atom is 0.243 e. The number of nitrogens with one attached hydrogen (secondary N) is 1. The summed E-state index contributed by atoms with van der Waals surface area (Å²) in [7, 11) is -3.45. The van der Waals surface area contributed by atoms with Crippen LogP contribution >= 0.6 is 0 Å². The maximum atomic E-state index is 12.4. The highest BCUT2D eigenvalue weighted by atomic mass is 32.2. The SMILES string of the molecule is CCC(C)C(N)C(=O)NCc1ccc(S(=O)(=O)N(CC)CC)cc1. The third-order valence-corrected chi connectivity index (χ3v) is 6.36. The fourth-order valence-corrected chi connectivity index (χ4v) is 3.77. The third kappa shape index (κ3) is 5.03. The number of carbonyl (C=O) groups excluding carboxylic acids is 1. The summed E-state index contributed by atoms with van der Waals surface area (Å²) in [4.78, 5) is 12.2. The van der Waals surface area contributed by atoms with Crippen LogP contribution in [-0.2, 0) is 21.4 Å². The first-order valence-corrected chi connectivity index (χ1v) is 9.84. The van der Waals surface area contributed by atoms with Crippen molar-refractivity contribution >= 4 is 15.9 Å². The normalized spacial score (nSPS) is 14.4. The quantitative estimate of drug-likeness (QED) is 0.705. The molecule has 3 N–H and O–H groups in total.